The first-order valence-electron chi connectivity index (χ1n) is 9.18. The maximum atomic E-state index is 9.90. The van der Waals surface area contributed by atoms with Gasteiger partial charge in [-0.05, 0) is 12.1 Å². The van der Waals surface area contributed by atoms with E-state index in [1.807, 2.05) is 0 Å². The Balaban J connectivity index is 2.05. The second-order valence-electron chi connectivity index (χ2n) is 3.83. The minimum absolute atomic E-state index is 0.278. The molecule has 0 aliphatic carbocycles. The molecule has 1 aromatic carbocycles. The summed E-state index contributed by atoms with van der Waals surface area (Å²) in [6, 6.07) is 2.80. The second-order valence-corrected chi connectivity index (χ2v) is 9.38. The number of thioether (sulfide) groups is 4. The van der Waals surface area contributed by atoms with Gasteiger partial charge in [-0.3, -0.25) is 0 Å². The van der Waals surface area contributed by atoms with Crippen molar-refractivity contribution in [1.82, 2.24) is 0 Å². The van der Waals surface area contributed by atoms with Crippen molar-refractivity contribution >= 4 is 47.0 Å². The predicted molar refractivity (Wildman–Crippen MR) is 83.7 cm³/mol. The van der Waals surface area contributed by atoms with Crippen molar-refractivity contribution in [2.45, 2.75) is 27.7 Å². The van der Waals surface area contributed by atoms with Gasteiger partial charge in [0, 0.05) is 19.6 Å². The highest BCUT2D eigenvalue weighted by Crippen LogP contribution is 2.61. The molecule has 0 fully saturated rings. The Kier molecular flexibility index (Phi) is 2.33. The van der Waals surface area contributed by atoms with Gasteiger partial charge in [0.05, 0.1) is 37.2 Å². The second kappa shape index (κ2) is 5.58. The summed E-state index contributed by atoms with van der Waals surface area (Å²) in [5.74, 6) is 0. The standard InChI is InChI=1S/C12H14O4S4/c13-3-11(4-14)17-7-1-8-10(2-9(7)19-11)20-12(5-15,6-16)18-8/h1-2,13-16H,3-6H2/i3D2,4D2,5D2,6D2. The van der Waals surface area contributed by atoms with Crippen molar-refractivity contribution in [3.63, 3.8) is 0 Å². The summed E-state index contributed by atoms with van der Waals surface area (Å²) in [5, 5.41) is 39.6. The minimum Gasteiger partial charge on any atom is -0.394 e. The fourth-order valence-corrected chi connectivity index (χ4v) is 6.74. The lowest BCUT2D eigenvalue weighted by atomic mass is 10.3. The molecule has 110 valence electrons. The molecule has 0 saturated heterocycles. The average Bonchev–Trinajstić information content (AvgIpc) is 3.00. The SMILES string of the molecule is [2H]C([2H])(O)C1(C([2H])([2H])O)Sc2cc3c(cc2S1)SC(C([2H])([2H])O)(C([2H])([2H])O)S3. The number of hydrogen-bond donors (Lipinski definition) is 4. The van der Waals surface area contributed by atoms with Crippen LogP contribution in [0.1, 0.15) is 11.0 Å². The van der Waals surface area contributed by atoms with Gasteiger partial charge in [-0.2, -0.15) is 0 Å². The van der Waals surface area contributed by atoms with Gasteiger partial charge >= 0.3 is 0 Å². The van der Waals surface area contributed by atoms with Crippen molar-refractivity contribution in [2.75, 3.05) is 26.2 Å². The maximum absolute atomic E-state index is 9.90. The van der Waals surface area contributed by atoms with Crippen LogP contribution in [0.3, 0.4) is 0 Å². The summed E-state index contributed by atoms with van der Waals surface area (Å²) in [5.41, 5.74) is 0. The van der Waals surface area contributed by atoms with Crippen LogP contribution in [-0.4, -0.2) is 54.8 Å². The molecule has 20 heavy (non-hydrogen) atoms. The number of aliphatic hydroxyl groups is 4. The van der Waals surface area contributed by atoms with Crippen LogP contribution in [0, 0.1) is 0 Å². The molecule has 1 aromatic rings. The number of hydrogen-bond acceptors (Lipinski definition) is 8. The topological polar surface area (TPSA) is 80.9 Å². The lowest BCUT2D eigenvalue weighted by molar-refractivity contribution is 0.215. The molecule has 0 unspecified atom stereocenters. The van der Waals surface area contributed by atoms with E-state index in [0.717, 1.165) is 0 Å². The number of fused-ring (bicyclic) bond motifs is 2. The minimum atomic E-state index is -3.11. The Morgan fingerprint density at radius 1 is 0.700 bits per heavy atom. The lowest BCUT2D eigenvalue weighted by Crippen LogP contribution is -2.27. The summed E-state index contributed by atoms with van der Waals surface area (Å²) < 4.78 is 56.2. The van der Waals surface area contributed by atoms with Crippen molar-refractivity contribution in [2.24, 2.45) is 0 Å². The van der Waals surface area contributed by atoms with Gasteiger partial charge in [0.25, 0.3) is 0 Å². The summed E-state index contributed by atoms with van der Waals surface area (Å²) in [4.78, 5) is 1.11. The van der Waals surface area contributed by atoms with Crippen LogP contribution in [0.25, 0.3) is 0 Å². The maximum Gasteiger partial charge on any atom is 0.116 e. The highest BCUT2D eigenvalue weighted by atomic mass is 32.2. The van der Waals surface area contributed by atoms with Crippen LogP contribution in [0.4, 0.5) is 0 Å². The highest BCUT2D eigenvalue weighted by molar-refractivity contribution is 8.21. The average molecular weight is 359 g/mol. The third kappa shape index (κ3) is 2.40. The summed E-state index contributed by atoms with van der Waals surface area (Å²) in [7, 11) is 0. The molecule has 0 aromatic heterocycles. The Morgan fingerprint density at radius 2 is 0.950 bits per heavy atom. The first kappa shape index (κ1) is 8.35. The predicted octanol–water partition coefficient (Wildman–Crippen LogP) is 1.44. The van der Waals surface area contributed by atoms with Crippen LogP contribution in [-0.2, 0) is 0 Å². The molecule has 2 heterocycles. The fourth-order valence-electron chi connectivity index (χ4n) is 1.74. The van der Waals surface area contributed by atoms with E-state index < -0.39 is 34.4 Å². The zero-order valence-corrected chi connectivity index (χ0v) is 12.8. The van der Waals surface area contributed by atoms with E-state index in [2.05, 4.69) is 0 Å². The molecular formula is C12H14O4S4. The monoisotopic (exact) mass is 358 g/mol. The van der Waals surface area contributed by atoms with Gasteiger partial charge in [-0.25, -0.2) is 0 Å². The zero-order valence-electron chi connectivity index (χ0n) is 17.6. The van der Waals surface area contributed by atoms with E-state index in [9.17, 15) is 20.4 Å². The summed E-state index contributed by atoms with van der Waals surface area (Å²) in [6.45, 7) is -12.4. The van der Waals surface area contributed by atoms with E-state index in [1.54, 1.807) is 0 Å². The van der Waals surface area contributed by atoms with Gasteiger partial charge in [-0.1, -0.05) is 0 Å². The summed E-state index contributed by atoms with van der Waals surface area (Å²) >= 11 is 2.23. The van der Waals surface area contributed by atoms with E-state index in [1.165, 1.54) is 12.1 Å². The van der Waals surface area contributed by atoms with Gasteiger partial charge in [0.1, 0.15) is 8.16 Å². The molecule has 2 aliphatic rings. The summed E-state index contributed by atoms with van der Waals surface area (Å²) in [6.07, 6.45) is 0. The third-order valence-electron chi connectivity index (χ3n) is 2.61. The van der Waals surface area contributed by atoms with Crippen molar-refractivity contribution in [3.8, 4) is 0 Å². The van der Waals surface area contributed by atoms with Crippen LogP contribution < -0.4 is 0 Å². The Labute approximate surface area is 145 Å². The molecular weight excluding hydrogens is 336 g/mol. The van der Waals surface area contributed by atoms with E-state index in [4.69, 9.17) is 11.0 Å². The molecule has 3 rings (SSSR count). The number of rotatable bonds is 4. The number of benzene rings is 1. The van der Waals surface area contributed by atoms with Gasteiger partial charge in [0.2, 0.25) is 0 Å². The fraction of sp³-hybridized carbons (Fsp3) is 0.500. The molecule has 0 spiro atoms. The first-order valence-corrected chi connectivity index (χ1v) is 8.45. The van der Waals surface area contributed by atoms with Gasteiger partial charge in [-0.15, -0.1) is 47.0 Å². The lowest BCUT2D eigenvalue weighted by Gasteiger charge is -2.21. The molecule has 0 radical (unpaired) electrons. The highest BCUT2D eigenvalue weighted by Gasteiger charge is 2.43. The molecule has 4 nitrogen and oxygen atoms in total. The quantitative estimate of drug-likeness (QED) is 0.644. The molecule has 0 bridgehead atoms. The van der Waals surface area contributed by atoms with E-state index in [-0.39, 0.29) is 19.6 Å². The molecule has 2 aliphatic heterocycles. The first-order chi connectivity index (χ1) is 12.3. The molecule has 0 atom stereocenters. The molecule has 8 heteroatoms. The van der Waals surface area contributed by atoms with E-state index in [0.29, 0.717) is 47.0 Å². The molecule has 0 amide bonds. The molecule has 4 N–H and O–H groups in total. The molecule has 0 saturated carbocycles. The smallest absolute Gasteiger partial charge is 0.116 e. The van der Waals surface area contributed by atoms with Crippen LogP contribution in [0.2, 0.25) is 0 Å². The van der Waals surface area contributed by atoms with Crippen LogP contribution in [0.15, 0.2) is 31.7 Å². The van der Waals surface area contributed by atoms with Gasteiger partial charge in [0.15, 0.2) is 0 Å². The zero-order chi connectivity index (χ0) is 21.6. The van der Waals surface area contributed by atoms with E-state index >= 15 is 0 Å². The van der Waals surface area contributed by atoms with Crippen LogP contribution >= 0.6 is 47.0 Å². The Morgan fingerprint density at radius 3 is 1.15 bits per heavy atom. The van der Waals surface area contributed by atoms with Crippen molar-refractivity contribution < 1.29 is 31.4 Å². The Hall–Kier alpha value is 0.460. The third-order valence-corrected chi connectivity index (χ3v) is 7.98. The van der Waals surface area contributed by atoms with Crippen LogP contribution in [0.5, 0.6) is 0 Å². The van der Waals surface area contributed by atoms with Gasteiger partial charge < -0.3 is 20.4 Å². The van der Waals surface area contributed by atoms with Crippen molar-refractivity contribution in [1.29, 1.82) is 0 Å². The largest absolute Gasteiger partial charge is 0.394 e. The van der Waals surface area contributed by atoms with Crippen molar-refractivity contribution in [3.05, 3.63) is 12.1 Å². The normalized spacial score (nSPS) is 30.6. The Bertz CT molecular complexity index is 684.